The highest BCUT2D eigenvalue weighted by Gasteiger charge is 2.19. The fraction of sp³-hybridized carbons (Fsp3) is 0.353. The van der Waals surface area contributed by atoms with Crippen LogP contribution >= 0.6 is 0 Å². The number of aryl methyl sites for hydroxylation is 1. The molecule has 0 unspecified atom stereocenters. The molecule has 6 rings (SSSR count). The summed E-state index contributed by atoms with van der Waals surface area (Å²) in [4.78, 5) is 27.9. The van der Waals surface area contributed by atoms with Gasteiger partial charge in [0.15, 0.2) is 13.2 Å². The van der Waals surface area contributed by atoms with Gasteiger partial charge in [0.05, 0.1) is 26.4 Å². The molecule has 2 heterocycles. The molecule has 2 fully saturated rings. The number of hydrogen-bond donors (Lipinski definition) is 2. The number of rotatable bonds is 8. The molecule has 2 aliphatic heterocycles. The van der Waals surface area contributed by atoms with Gasteiger partial charge in [0.2, 0.25) is 0 Å². The molecule has 0 atom stereocenters. The van der Waals surface area contributed by atoms with Crippen molar-refractivity contribution in [1.82, 2.24) is 9.80 Å². The minimum Gasteiger partial charge on any atom is -0.483 e. The molecule has 45 heavy (non-hydrogen) atoms. The van der Waals surface area contributed by atoms with Crippen LogP contribution in [0.1, 0.15) is 5.56 Å². The van der Waals surface area contributed by atoms with Crippen LogP contribution in [-0.2, 0) is 19.1 Å². The second-order valence-corrected chi connectivity index (χ2v) is 11.0. The Kier molecular flexibility index (Phi) is 11.1. The fourth-order valence-corrected chi connectivity index (χ4v) is 5.38. The Morgan fingerprint density at radius 3 is 1.67 bits per heavy atom. The molecule has 0 spiro atoms. The van der Waals surface area contributed by atoms with Gasteiger partial charge >= 0.3 is 7.05 Å². The van der Waals surface area contributed by atoms with Gasteiger partial charge in [-0.15, -0.1) is 0 Å². The van der Waals surface area contributed by atoms with Gasteiger partial charge in [0.25, 0.3) is 11.8 Å². The zero-order valence-corrected chi connectivity index (χ0v) is 25.9. The van der Waals surface area contributed by atoms with Gasteiger partial charge in [-0.1, -0.05) is 54.6 Å². The topological polar surface area (TPSA) is 110 Å². The first-order valence-electron chi connectivity index (χ1n) is 15.3. The molecular weight excluding hydrogens is 573 g/mol. The maximum absolute atomic E-state index is 12.2. The average Bonchev–Trinajstić information content (AvgIpc) is 3.08. The Balaban J connectivity index is 0.000000179. The van der Waals surface area contributed by atoms with Gasteiger partial charge in [-0.05, 0) is 42.9 Å². The molecule has 236 valence electrons. The van der Waals surface area contributed by atoms with E-state index >= 15 is 0 Å². The van der Waals surface area contributed by atoms with Crippen molar-refractivity contribution in [2.75, 3.05) is 71.0 Å². The molecule has 4 aromatic rings. The molecule has 0 aromatic heterocycles. The van der Waals surface area contributed by atoms with Crippen LogP contribution in [0.2, 0.25) is 6.82 Å². The third-order valence-electron chi connectivity index (χ3n) is 7.78. The number of hydrogen-bond acceptors (Lipinski definition) is 8. The van der Waals surface area contributed by atoms with E-state index in [1.165, 1.54) is 5.56 Å². The third kappa shape index (κ3) is 8.45. The quantitative estimate of drug-likeness (QED) is 0.288. The van der Waals surface area contributed by atoms with Crippen LogP contribution in [-0.4, -0.2) is 99.5 Å². The van der Waals surface area contributed by atoms with Gasteiger partial charge in [0.1, 0.15) is 11.5 Å². The van der Waals surface area contributed by atoms with Crippen molar-refractivity contribution in [3.63, 3.8) is 0 Å². The molecule has 2 aliphatic rings. The largest absolute Gasteiger partial charge is 0.483 e. The standard InChI is InChI=1S/C17H21BN2O4.C17H19NO3/c1-18(22)19-15-6-7-16(14-5-3-2-4-13(14)15)24-12-17(21)20-8-10-23-11-9-20;1-13-6-7-16(15-5-3-2-4-14(13)15)21-12-17(19)18-8-10-20-11-9-18/h2-7,19,22H,8-12H2,1H3;2-7H,8-12H2,1H3. The van der Waals surface area contributed by atoms with E-state index in [1.807, 2.05) is 66.7 Å². The van der Waals surface area contributed by atoms with Gasteiger partial charge in [0, 0.05) is 48.0 Å². The van der Waals surface area contributed by atoms with Crippen LogP contribution < -0.4 is 14.7 Å². The van der Waals surface area contributed by atoms with Gasteiger partial charge in [-0.25, -0.2) is 0 Å². The van der Waals surface area contributed by atoms with Gasteiger partial charge < -0.3 is 39.0 Å². The van der Waals surface area contributed by atoms with Gasteiger partial charge in [-0.3, -0.25) is 9.59 Å². The van der Waals surface area contributed by atoms with Crippen molar-refractivity contribution in [2.24, 2.45) is 0 Å². The summed E-state index contributed by atoms with van der Waals surface area (Å²) in [5.74, 6) is 1.40. The molecule has 0 aliphatic carbocycles. The van der Waals surface area contributed by atoms with E-state index < -0.39 is 7.05 Å². The SMILES string of the molecule is CB(O)Nc1ccc(OCC(=O)N2CCOCC2)c2ccccc12.Cc1ccc(OCC(=O)N2CCOCC2)c2ccccc12. The van der Waals surface area contributed by atoms with Crippen LogP contribution in [0.4, 0.5) is 5.69 Å². The summed E-state index contributed by atoms with van der Waals surface area (Å²) in [6.07, 6.45) is 0. The summed E-state index contributed by atoms with van der Waals surface area (Å²) < 4.78 is 22.0. The highest BCUT2D eigenvalue weighted by Crippen LogP contribution is 2.32. The smallest absolute Gasteiger partial charge is 0.406 e. The maximum Gasteiger partial charge on any atom is 0.406 e. The summed E-state index contributed by atoms with van der Waals surface area (Å²) in [5, 5.41) is 16.6. The molecule has 2 N–H and O–H groups in total. The van der Waals surface area contributed by atoms with E-state index in [4.69, 9.17) is 18.9 Å². The number of carbonyl (C=O) groups is 2. The molecule has 0 saturated carbocycles. The zero-order chi connectivity index (χ0) is 31.6. The predicted molar refractivity (Wildman–Crippen MR) is 176 cm³/mol. The van der Waals surface area contributed by atoms with Gasteiger partial charge in [-0.2, -0.15) is 0 Å². The Labute approximate surface area is 263 Å². The van der Waals surface area contributed by atoms with Crippen LogP contribution in [0.15, 0.2) is 72.8 Å². The molecular formula is C34H40BN3O7. The van der Waals surface area contributed by atoms with E-state index in [0.29, 0.717) is 58.4 Å². The summed E-state index contributed by atoms with van der Waals surface area (Å²) in [6, 6.07) is 23.5. The molecule has 2 amide bonds. The summed E-state index contributed by atoms with van der Waals surface area (Å²) >= 11 is 0. The third-order valence-corrected chi connectivity index (χ3v) is 7.78. The lowest BCUT2D eigenvalue weighted by molar-refractivity contribution is -0.138. The van der Waals surface area contributed by atoms with E-state index in [-0.39, 0.29) is 25.0 Å². The van der Waals surface area contributed by atoms with E-state index in [9.17, 15) is 14.6 Å². The molecule has 0 radical (unpaired) electrons. The number of morpholine rings is 2. The van der Waals surface area contributed by atoms with Crippen molar-refractivity contribution in [2.45, 2.75) is 13.7 Å². The Morgan fingerprint density at radius 2 is 1.16 bits per heavy atom. The van der Waals surface area contributed by atoms with Crippen molar-refractivity contribution in [1.29, 1.82) is 0 Å². The fourth-order valence-electron chi connectivity index (χ4n) is 5.38. The summed E-state index contributed by atoms with van der Waals surface area (Å²) in [5.41, 5.74) is 2.03. The molecule has 0 bridgehead atoms. The Hall–Kier alpha value is -4.32. The molecule has 4 aromatic carbocycles. The zero-order valence-electron chi connectivity index (χ0n) is 25.9. The first-order chi connectivity index (χ1) is 21.9. The second-order valence-electron chi connectivity index (χ2n) is 11.0. The van der Waals surface area contributed by atoms with Crippen molar-refractivity contribution in [3.8, 4) is 11.5 Å². The van der Waals surface area contributed by atoms with Crippen LogP contribution in [0, 0.1) is 6.92 Å². The van der Waals surface area contributed by atoms with E-state index in [2.05, 4.69) is 18.2 Å². The number of benzene rings is 4. The minimum atomic E-state index is -0.650. The Bertz CT molecular complexity index is 1600. The first kappa shape index (κ1) is 32.1. The van der Waals surface area contributed by atoms with Crippen LogP contribution in [0.5, 0.6) is 11.5 Å². The van der Waals surface area contributed by atoms with Crippen molar-refractivity contribution >= 4 is 46.1 Å². The Morgan fingerprint density at radius 1 is 0.711 bits per heavy atom. The minimum absolute atomic E-state index is 0.00712. The van der Waals surface area contributed by atoms with Crippen LogP contribution in [0.25, 0.3) is 21.5 Å². The van der Waals surface area contributed by atoms with E-state index in [1.54, 1.807) is 16.6 Å². The number of carbonyl (C=O) groups excluding carboxylic acids is 2. The lowest BCUT2D eigenvalue weighted by Gasteiger charge is -2.26. The van der Waals surface area contributed by atoms with Crippen molar-refractivity contribution < 1.29 is 33.6 Å². The highest BCUT2D eigenvalue weighted by molar-refractivity contribution is 6.53. The normalized spacial score (nSPS) is 14.8. The summed E-state index contributed by atoms with van der Waals surface area (Å²) in [7, 11) is -0.650. The number of amides is 2. The monoisotopic (exact) mass is 613 g/mol. The number of nitrogens with one attached hydrogen (secondary N) is 1. The summed E-state index contributed by atoms with van der Waals surface area (Å²) in [6.45, 7) is 8.72. The maximum atomic E-state index is 12.2. The second kappa shape index (κ2) is 15.6. The lowest BCUT2D eigenvalue weighted by atomic mass is 9.87. The molecule has 2 saturated heterocycles. The lowest BCUT2D eigenvalue weighted by Crippen LogP contribution is -2.42. The number of fused-ring (bicyclic) bond motifs is 2. The average molecular weight is 614 g/mol. The van der Waals surface area contributed by atoms with E-state index in [0.717, 1.165) is 33.0 Å². The number of anilines is 1. The predicted octanol–water partition coefficient (Wildman–Crippen LogP) is 3.99. The molecule has 11 heteroatoms. The molecule has 10 nitrogen and oxygen atoms in total. The number of ether oxygens (including phenoxy) is 4. The van der Waals surface area contributed by atoms with Crippen LogP contribution in [0.3, 0.4) is 0 Å². The van der Waals surface area contributed by atoms with Crippen molar-refractivity contribution in [3.05, 3.63) is 78.4 Å². The first-order valence-corrected chi connectivity index (χ1v) is 15.3. The highest BCUT2D eigenvalue weighted by atomic mass is 16.5. The number of nitrogens with zero attached hydrogens (tertiary/aromatic N) is 2.